The van der Waals surface area contributed by atoms with Crippen molar-refractivity contribution >= 4 is 68.6 Å². The second-order valence-corrected chi connectivity index (χ2v) is 15.7. The molecule has 0 spiro atoms. The van der Waals surface area contributed by atoms with Crippen molar-refractivity contribution in [1.82, 2.24) is 31.2 Å². The number of nitrogens with zero attached hydrogens (tertiary/aromatic N) is 3. The van der Waals surface area contributed by atoms with E-state index in [1.54, 1.807) is 42.4 Å². The molecule has 4 heterocycles. The van der Waals surface area contributed by atoms with Crippen molar-refractivity contribution in [3.8, 4) is 0 Å². The number of hydrogen-bond acceptors (Lipinski definition) is 15. The molecule has 3 fully saturated rings. The van der Waals surface area contributed by atoms with Gasteiger partial charge in [0.1, 0.15) is 6.61 Å². The molecule has 5 atom stereocenters. The van der Waals surface area contributed by atoms with Crippen LogP contribution >= 0.6 is 21.6 Å². The van der Waals surface area contributed by atoms with E-state index in [-0.39, 0.29) is 91.0 Å². The minimum absolute atomic E-state index is 0.0142. The molecule has 5 amide bonds. The van der Waals surface area contributed by atoms with E-state index in [4.69, 9.17) is 15.2 Å². The zero-order valence-corrected chi connectivity index (χ0v) is 30.6. The number of piperazine rings is 1. The van der Waals surface area contributed by atoms with Crippen LogP contribution in [0.5, 0.6) is 0 Å². The largest absolute Gasteiger partial charge is 0.449 e. The molecule has 2 unspecified atom stereocenters. The molecule has 51 heavy (non-hydrogen) atoms. The van der Waals surface area contributed by atoms with Gasteiger partial charge in [0.15, 0.2) is 5.72 Å². The monoisotopic (exact) mass is 748 g/mol. The molecule has 278 valence electrons. The van der Waals surface area contributed by atoms with E-state index >= 15 is 0 Å². The van der Waals surface area contributed by atoms with Gasteiger partial charge in [-0.05, 0) is 20.3 Å². The van der Waals surface area contributed by atoms with Crippen LogP contribution in [0.15, 0.2) is 27.6 Å². The molecule has 0 aromatic carbocycles. The summed E-state index contributed by atoms with van der Waals surface area (Å²) in [6.45, 7) is 6.17. The van der Waals surface area contributed by atoms with Crippen LogP contribution in [0.1, 0.15) is 46.5 Å². The Morgan fingerprint density at radius 2 is 1.78 bits per heavy atom. The third-order valence-electron chi connectivity index (χ3n) is 9.62. The molecule has 0 radical (unpaired) electrons. The Kier molecular flexibility index (Phi) is 12.1. The number of methoxy groups -OCH3 is 1. The normalized spacial score (nSPS) is 26.8. The first-order chi connectivity index (χ1) is 24.3. The van der Waals surface area contributed by atoms with E-state index in [9.17, 15) is 33.6 Å². The maximum atomic E-state index is 13.9. The molecule has 1 aliphatic carbocycles. The smallest absolute Gasteiger partial charge is 0.404 e. The molecule has 3 saturated heterocycles. The average molecular weight is 749 g/mol. The molecule has 0 aromatic rings. The van der Waals surface area contributed by atoms with Gasteiger partial charge in [-0.15, -0.1) is 0 Å². The van der Waals surface area contributed by atoms with Crippen molar-refractivity contribution in [2.75, 3.05) is 51.4 Å². The Bertz CT molecular complexity index is 1600. The van der Waals surface area contributed by atoms with E-state index < -0.39 is 23.6 Å². The third-order valence-corrected chi connectivity index (χ3v) is 12.0. The lowest BCUT2D eigenvalue weighted by Gasteiger charge is -2.39. The number of hydrogen-bond donors (Lipinski definition) is 5. The first-order valence-electron chi connectivity index (χ1n) is 16.8. The molecule has 5 rings (SSSR count). The van der Waals surface area contributed by atoms with Gasteiger partial charge >= 0.3 is 6.09 Å². The maximum Gasteiger partial charge on any atom is 0.404 e. The number of likely N-dealkylation sites (tertiary alicyclic amines) is 1. The van der Waals surface area contributed by atoms with Gasteiger partial charge in [0.2, 0.25) is 35.2 Å². The minimum atomic E-state index is -1.03. The Morgan fingerprint density at radius 1 is 1.06 bits per heavy atom. The zero-order valence-electron chi connectivity index (χ0n) is 29.0. The van der Waals surface area contributed by atoms with E-state index in [1.807, 2.05) is 4.90 Å². The van der Waals surface area contributed by atoms with E-state index in [0.29, 0.717) is 54.5 Å². The van der Waals surface area contributed by atoms with E-state index in [1.165, 1.54) is 7.11 Å². The first kappa shape index (κ1) is 38.3. The topological polar surface area (TPSA) is 241 Å². The molecule has 0 saturated carbocycles. The zero-order chi connectivity index (χ0) is 37.0. The predicted octanol–water partition coefficient (Wildman–Crippen LogP) is -0.465. The molecule has 0 aromatic heterocycles. The highest BCUT2D eigenvalue weighted by atomic mass is 33.1. The van der Waals surface area contributed by atoms with Crippen molar-refractivity contribution in [2.24, 2.45) is 22.7 Å². The number of nitrogens with two attached hydrogens (primary N) is 1. The number of carbonyl (C=O) groups excluding carboxylic acids is 7. The standard InChI is InChI=1S/C32H44N8O9S2/c1-16-13-23(43)39(30(16)46)10-7-22(42)38-37-17(2)5-6-21(41)34-8-11-50-51-12-9-35-25-18(3)27(44)26-24(28(25)45)19(15-49-31(33)47)32(48-4)29-20(36-29)14-40(26)32/h16,19-20,29,35-36H,5-15H2,1-4H3,(H2,33,47)(H,34,41)(H,38,42)/b37-17+/t16?,19-,20?,29+,32-/m1/s1. The fourth-order valence-electron chi connectivity index (χ4n) is 7.02. The lowest BCUT2D eigenvalue weighted by atomic mass is 9.82. The van der Waals surface area contributed by atoms with Gasteiger partial charge in [0.25, 0.3) is 0 Å². The first-order valence-corrected chi connectivity index (χ1v) is 19.3. The van der Waals surface area contributed by atoms with Crippen molar-refractivity contribution in [3.63, 3.8) is 0 Å². The Hall–Kier alpha value is -3.94. The summed E-state index contributed by atoms with van der Waals surface area (Å²) in [6, 6.07) is -0.00732. The van der Waals surface area contributed by atoms with Crippen LogP contribution in [0, 0.1) is 11.8 Å². The van der Waals surface area contributed by atoms with Gasteiger partial charge in [-0.3, -0.25) is 33.7 Å². The van der Waals surface area contributed by atoms with Gasteiger partial charge in [-0.25, -0.2) is 10.2 Å². The number of hydrazone groups is 1. The Morgan fingerprint density at radius 3 is 2.45 bits per heavy atom. The summed E-state index contributed by atoms with van der Waals surface area (Å²) in [6.07, 6.45) is -0.328. The predicted molar refractivity (Wildman–Crippen MR) is 187 cm³/mol. The van der Waals surface area contributed by atoms with Crippen molar-refractivity contribution in [1.29, 1.82) is 0 Å². The molecular weight excluding hydrogens is 705 g/mol. The number of ether oxygens (including phenoxy) is 2. The van der Waals surface area contributed by atoms with Crippen molar-refractivity contribution in [3.05, 3.63) is 22.5 Å². The maximum absolute atomic E-state index is 13.9. The van der Waals surface area contributed by atoms with E-state index in [2.05, 4.69) is 26.5 Å². The summed E-state index contributed by atoms with van der Waals surface area (Å²) in [4.78, 5) is 90.0. The average Bonchev–Trinajstić information content (AvgIpc) is 3.62. The third kappa shape index (κ3) is 7.95. The minimum Gasteiger partial charge on any atom is -0.449 e. The summed E-state index contributed by atoms with van der Waals surface area (Å²) < 4.78 is 11.1. The van der Waals surface area contributed by atoms with Crippen LogP contribution in [0.4, 0.5) is 4.79 Å². The van der Waals surface area contributed by atoms with Gasteiger partial charge in [-0.1, -0.05) is 28.5 Å². The molecular formula is C32H44N8O9S2. The number of rotatable bonds is 18. The number of nitrogens with one attached hydrogen (secondary N) is 4. The van der Waals surface area contributed by atoms with Crippen molar-refractivity contribution < 1.29 is 43.0 Å². The number of imide groups is 1. The van der Waals surface area contributed by atoms with Gasteiger partial charge in [-0.2, -0.15) is 5.10 Å². The van der Waals surface area contributed by atoms with Crippen molar-refractivity contribution in [2.45, 2.75) is 64.3 Å². The lowest BCUT2D eigenvalue weighted by Crippen LogP contribution is -2.55. The second-order valence-electron chi connectivity index (χ2n) is 13.0. The molecule has 6 N–H and O–H groups in total. The SMILES string of the molecule is CO[C@@]12[C@H](COC(N)=O)C3=C(C(=O)C(C)=C(NCCSSCCNC(=O)CC/C(C)=N/NC(=O)CCN4C(=O)CC(C)C4=O)C3=O)N1CC1N[C@@H]12. The quantitative estimate of drug-likeness (QED) is 0.0227. The number of carbonyl (C=O) groups is 7. The molecule has 5 aliphatic rings. The number of fused-ring (bicyclic) bond motifs is 4. The summed E-state index contributed by atoms with van der Waals surface area (Å²) >= 11 is 0. The summed E-state index contributed by atoms with van der Waals surface area (Å²) in [5.41, 5.74) is 8.29. The Labute approximate surface area is 303 Å². The highest BCUT2D eigenvalue weighted by Gasteiger charge is 2.72. The molecule has 17 nitrogen and oxygen atoms in total. The summed E-state index contributed by atoms with van der Waals surface area (Å²) in [7, 11) is 4.63. The number of ketones is 2. The molecule has 0 bridgehead atoms. The summed E-state index contributed by atoms with van der Waals surface area (Å²) in [5, 5.41) is 13.3. The highest BCUT2D eigenvalue weighted by Crippen LogP contribution is 2.55. The van der Waals surface area contributed by atoms with Crippen LogP contribution in [0.25, 0.3) is 0 Å². The fourth-order valence-corrected chi connectivity index (χ4v) is 8.83. The van der Waals surface area contributed by atoms with Crippen LogP contribution in [-0.4, -0.2) is 126 Å². The number of primary amides is 1. The molecule has 4 aliphatic heterocycles. The van der Waals surface area contributed by atoms with E-state index in [0.717, 1.165) is 4.90 Å². The van der Waals surface area contributed by atoms with Gasteiger partial charge in [0, 0.05) is 92.9 Å². The lowest BCUT2D eigenvalue weighted by molar-refractivity contribution is -0.139. The van der Waals surface area contributed by atoms with Crippen LogP contribution in [0.2, 0.25) is 0 Å². The second kappa shape index (κ2) is 16.2. The number of Topliss-reactive ketones (excluding diaryl/α,β-unsaturated/α-hetero) is 2. The number of amides is 5. The fraction of sp³-hybridized carbons (Fsp3) is 0.625. The Balaban J connectivity index is 0.974. The van der Waals surface area contributed by atoms with Crippen LogP contribution in [-0.2, 0) is 38.2 Å². The summed E-state index contributed by atoms with van der Waals surface area (Å²) in [5.74, 6) is -1.52. The number of allylic oxidation sites excluding steroid dienone is 2. The van der Waals surface area contributed by atoms with Gasteiger partial charge < -0.3 is 36.1 Å². The van der Waals surface area contributed by atoms with Gasteiger partial charge in [0.05, 0.1) is 23.4 Å². The molecule has 19 heteroatoms. The highest BCUT2D eigenvalue weighted by molar-refractivity contribution is 8.76. The van der Waals surface area contributed by atoms with Crippen LogP contribution in [0.3, 0.4) is 0 Å². The van der Waals surface area contributed by atoms with Crippen LogP contribution < -0.4 is 27.1 Å².